The number of amides is 1. The summed E-state index contributed by atoms with van der Waals surface area (Å²) in [4.78, 5) is 35.4. The zero-order chi connectivity index (χ0) is 16.4. The van der Waals surface area contributed by atoms with Crippen molar-refractivity contribution < 1.29 is 14.3 Å². The third kappa shape index (κ3) is 2.85. The van der Waals surface area contributed by atoms with Gasteiger partial charge in [0.1, 0.15) is 17.3 Å². The first-order chi connectivity index (χ1) is 10.3. The van der Waals surface area contributed by atoms with Gasteiger partial charge in [-0.2, -0.15) is 5.10 Å². The highest BCUT2D eigenvalue weighted by Crippen LogP contribution is 2.25. The van der Waals surface area contributed by atoms with Crippen LogP contribution in [0.4, 0.5) is 0 Å². The van der Waals surface area contributed by atoms with Gasteiger partial charge in [-0.25, -0.2) is 9.89 Å². The highest BCUT2D eigenvalue weighted by molar-refractivity contribution is 5.96. The predicted octanol–water partition coefficient (Wildman–Crippen LogP) is 0.535. The zero-order valence-corrected chi connectivity index (χ0v) is 12.6. The number of esters is 1. The monoisotopic (exact) mass is 306 g/mol. The highest BCUT2D eigenvalue weighted by atomic mass is 16.5. The number of pyridine rings is 1. The van der Waals surface area contributed by atoms with Crippen molar-refractivity contribution in [3.8, 4) is 11.3 Å². The lowest BCUT2D eigenvalue weighted by atomic mass is 10.0. The molecule has 0 aromatic carbocycles. The number of rotatable bonds is 5. The van der Waals surface area contributed by atoms with Gasteiger partial charge in [0.15, 0.2) is 0 Å². The molecule has 0 aromatic rings. The number of fused-ring (bicyclic) bond motifs is 1. The van der Waals surface area contributed by atoms with Crippen molar-refractivity contribution in [3.05, 3.63) is 28.3 Å². The second-order valence-electron chi connectivity index (χ2n) is 5.47. The van der Waals surface area contributed by atoms with E-state index in [0.29, 0.717) is 6.42 Å². The Hall–Kier alpha value is -2.64. The highest BCUT2D eigenvalue weighted by Gasteiger charge is 2.26. The Morgan fingerprint density at radius 3 is 2.64 bits per heavy atom. The average Bonchev–Trinajstić information content (AvgIpc) is 2.84. The van der Waals surface area contributed by atoms with Crippen LogP contribution in [0.1, 0.15) is 36.7 Å². The van der Waals surface area contributed by atoms with Crippen molar-refractivity contribution in [2.75, 3.05) is 7.11 Å². The number of ether oxygens (including phenoxy) is 1. The van der Waals surface area contributed by atoms with Gasteiger partial charge >= 0.3 is 5.97 Å². The summed E-state index contributed by atoms with van der Waals surface area (Å²) < 4.78 is 6.19. The fourth-order valence-electron chi connectivity index (χ4n) is 2.33. The molecule has 0 radical (unpaired) electrons. The van der Waals surface area contributed by atoms with E-state index in [1.165, 1.54) is 24.1 Å². The van der Waals surface area contributed by atoms with Crippen LogP contribution in [0.3, 0.4) is 0 Å². The van der Waals surface area contributed by atoms with E-state index in [0.717, 1.165) is 0 Å². The second kappa shape index (κ2) is 6.00. The Bertz CT molecular complexity index is 731. The molecule has 2 aliphatic rings. The molecule has 2 aliphatic heterocycles. The number of aromatic amines is 1. The number of methoxy groups -OCH3 is 1. The minimum Gasteiger partial charge on any atom is -0.465 e. The maximum Gasteiger partial charge on any atom is 0.341 e. The summed E-state index contributed by atoms with van der Waals surface area (Å²) in [7, 11) is 1.23. The van der Waals surface area contributed by atoms with Gasteiger partial charge < -0.3 is 15.0 Å². The Labute approximate surface area is 126 Å². The summed E-state index contributed by atoms with van der Waals surface area (Å²) in [6.07, 6.45) is 3.40. The first-order valence-electron chi connectivity index (χ1n) is 6.82. The lowest BCUT2D eigenvalue weighted by Crippen LogP contribution is -2.29. The van der Waals surface area contributed by atoms with Gasteiger partial charge in [0.25, 0.3) is 5.56 Å². The zero-order valence-electron chi connectivity index (χ0n) is 12.6. The lowest BCUT2D eigenvalue weighted by Gasteiger charge is -2.21. The Balaban J connectivity index is 2.65. The van der Waals surface area contributed by atoms with E-state index in [-0.39, 0.29) is 22.7 Å². The molecule has 8 nitrogen and oxygen atoms in total. The van der Waals surface area contributed by atoms with E-state index in [1.807, 2.05) is 13.8 Å². The first-order valence-corrected chi connectivity index (χ1v) is 6.82. The van der Waals surface area contributed by atoms with Gasteiger partial charge in [0.05, 0.1) is 12.7 Å². The van der Waals surface area contributed by atoms with Crippen molar-refractivity contribution in [3.63, 3.8) is 0 Å². The fraction of sp³-hybridized carbons (Fsp3) is 0.429. The van der Waals surface area contributed by atoms with E-state index >= 15 is 0 Å². The summed E-state index contributed by atoms with van der Waals surface area (Å²) >= 11 is 0. The number of aromatic nitrogens is 3. The number of H-pyrrole nitrogens is 1. The van der Waals surface area contributed by atoms with Gasteiger partial charge in [0.2, 0.25) is 5.91 Å². The largest absolute Gasteiger partial charge is 0.465 e. The number of nitrogens with one attached hydrogen (secondary N) is 1. The molecular weight excluding hydrogens is 288 g/mol. The van der Waals surface area contributed by atoms with E-state index in [9.17, 15) is 14.4 Å². The van der Waals surface area contributed by atoms with Crippen molar-refractivity contribution >= 4 is 11.9 Å². The summed E-state index contributed by atoms with van der Waals surface area (Å²) in [5.74, 6) is -0.971. The molecule has 1 atom stereocenters. The molecule has 0 fully saturated rings. The summed E-state index contributed by atoms with van der Waals surface area (Å²) in [6, 6.07) is -0.665. The molecule has 0 aromatic heterocycles. The molecule has 0 spiro atoms. The SMILES string of the molecule is COC(=O)c1cn(C(CC(C)C)C(N)=O)cc2c(=O)[nH]nc1-2. The van der Waals surface area contributed by atoms with Crippen LogP contribution in [0.2, 0.25) is 0 Å². The number of hydrogen-bond donors (Lipinski definition) is 2. The quantitative estimate of drug-likeness (QED) is 0.781. The standard InChI is InChI=1S/C14H18N4O4/c1-7(2)4-10(12(15)19)18-5-8-11(16-17-13(8)20)9(6-18)14(21)22-3/h5-7,10H,4H2,1-3H3,(H2,15,19)(H,17,20). The van der Waals surface area contributed by atoms with Crippen LogP contribution < -0.4 is 11.3 Å². The summed E-state index contributed by atoms with van der Waals surface area (Å²) in [5, 5.41) is 6.11. The molecule has 2 rings (SSSR count). The van der Waals surface area contributed by atoms with E-state index in [2.05, 4.69) is 10.2 Å². The van der Waals surface area contributed by atoms with E-state index in [1.54, 1.807) is 0 Å². The first kappa shape index (κ1) is 15.7. The average molecular weight is 306 g/mol. The molecule has 0 saturated heterocycles. The molecule has 22 heavy (non-hydrogen) atoms. The molecule has 8 heteroatoms. The molecule has 0 saturated carbocycles. The Morgan fingerprint density at radius 2 is 2.09 bits per heavy atom. The van der Waals surface area contributed by atoms with Gasteiger partial charge in [0, 0.05) is 12.4 Å². The van der Waals surface area contributed by atoms with Crippen molar-refractivity contribution in [2.24, 2.45) is 11.7 Å². The van der Waals surface area contributed by atoms with Crippen LogP contribution in [-0.2, 0) is 9.53 Å². The van der Waals surface area contributed by atoms with Gasteiger partial charge in [-0.15, -0.1) is 0 Å². The van der Waals surface area contributed by atoms with Crippen LogP contribution in [0.5, 0.6) is 0 Å². The minimum absolute atomic E-state index is 0.105. The molecular formula is C14H18N4O4. The van der Waals surface area contributed by atoms with Crippen LogP contribution in [0.15, 0.2) is 17.2 Å². The van der Waals surface area contributed by atoms with Crippen LogP contribution in [0, 0.1) is 5.92 Å². The van der Waals surface area contributed by atoms with E-state index < -0.39 is 23.5 Å². The topological polar surface area (TPSA) is 120 Å². The summed E-state index contributed by atoms with van der Waals surface area (Å²) in [6.45, 7) is 3.90. The van der Waals surface area contributed by atoms with Crippen molar-refractivity contribution in [1.29, 1.82) is 0 Å². The molecule has 0 bridgehead atoms. The van der Waals surface area contributed by atoms with Crippen LogP contribution >= 0.6 is 0 Å². The van der Waals surface area contributed by atoms with Gasteiger partial charge in [-0.05, 0) is 12.3 Å². The molecule has 118 valence electrons. The number of nitrogens with two attached hydrogens (primary N) is 1. The van der Waals surface area contributed by atoms with Crippen LogP contribution in [0.25, 0.3) is 11.3 Å². The lowest BCUT2D eigenvalue weighted by molar-refractivity contribution is -0.121. The van der Waals surface area contributed by atoms with Crippen molar-refractivity contribution in [1.82, 2.24) is 14.8 Å². The molecule has 0 aliphatic carbocycles. The maximum absolute atomic E-state index is 11.9. The molecule has 1 amide bonds. The second-order valence-corrected chi connectivity index (χ2v) is 5.47. The van der Waals surface area contributed by atoms with Crippen LogP contribution in [-0.4, -0.2) is 33.8 Å². The fourth-order valence-corrected chi connectivity index (χ4v) is 2.33. The number of carbonyl (C=O) groups excluding carboxylic acids is 2. The Kier molecular flexibility index (Phi) is 4.30. The van der Waals surface area contributed by atoms with E-state index in [4.69, 9.17) is 10.5 Å². The minimum atomic E-state index is -0.665. The van der Waals surface area contributed by atoms with Gasteiger partial charge in [-0.1, -0.05) is 13.8 Å². The third-order valence-electron chi connectivity index (χ3n) is 3.37. The normalized spacial score (nSPS) is 12.5. The number of carbonyl (C=O) groups is 2. The predicted molar refractivity (Wildman–Crippen MR) is 78.5 cm³/mol. The molecule has 1 unspecified atom stereocenters. The number of primary amides is 1. The Morgan fingerprint density at radius 1 is 1.41 bits per heavy atom. The smallest absolute Gasteiger partial charge is 0.341 e. The number of nitrogens with zero attached hydrogens (tertiary/aromatic N) is 2. The van der Waals surface area contributed by atoms with Gasteiger partial charge in [-0.3, -0.25) is 9.59 Å². The summed E-state index contributed by atoms with van der Waals surface area (Å²) in [5.41, 5.74) is 5.53. The molecule has 3 N–H and O–H groups in total. The maximum atomic E-state index is 11.9. The molecule has 2 heterocycles. The third-order valence-corrected chi connectivity index (χ3v) is 3.37. The van der Waals surface area contributed by atoms with Crippen molar-refractivity contribution in [2.45, 2.75) is 26.3 Å². The number of hydrogen-bond acceptors (Lipinski definition) is 5.